The summed E-state index contributed by atoms with van der Waals surface area (Å²) in [6.07, 6.45) is 0.905. The van der Waals surface area contributed by atoms with Crippen LogP contribution in [0.5, 0.6) is 0 Å². The molecule has 3 aromatic rings. The highest BCUT2D eigenvalue weighted by Crippen LogP contribution is 2.21. The molecule has 2 heterocycles. The number of fused-ring (bicyclic) bond motifs is 1. The quantitative estimate of drug-likeness (QED) is 0.796. The molecule has 0 fully saturated rings. The predicted molar refractivity (Wildman–Crippen MR) is 90.8 cm³/mol. The molecule has 6 nitrogen and oxygen atoms in total. The molecule has 0 aliphatic rings. The summed E-state index contributed by atoms with van der Waals surface area (Å²) in [6.45, 7) is 7.51. The fourth-order valence-electron chi connectivity index (χ4n) is 2.64. The Hall–Kier alpha value is -2.76. The molecule has 0 spiro atoms. The van der Waals surface area contributed by atoms with Gasteiger partial charge in [-0.25, -0.2) is 0 Å². The molecule has 1 N–H and O–H groups in total. The summed E-state index contributed by atoms with van der Waals surface area (Å²) in [6, 6.07) is 7.47. The fourth-order valence-corrected chi connectivity index (χ4v) is 2.64. The fraction of sp³-hybridized carbons (Fsp3) is 0.333. The third-order valence-electron chi connectivity index (χ3n) is 3.91. The van der Waals surface area contributed by atoms with Crippen LogP contribution >= 0.6 is 0 Å². The Morgan fingerprint density at radius 1 is 1.25 bits per heavy atom. The van der Waals surface area contributed by atoms with E-state index in [9.17, 15) is 4.79 Å². The second kappa shape index (κ2) is 6.39. The van der Waals surface area contributed by atoms with Crippen molar-refractivity contribution >= 4 is 16.8 Å². The van der Waals surface area contributed by atoms with Gasteiger partial charge in [0.25, 0.3) is 5.91 Å². The highest BCUT2D eigenvalue weighted by molar-refractivity contribution is 6.06. The minimum Gasteiger partial charge on any atom is -0.423 e. The second-order valence-electron chi connectivity index (χ2n) is 5.87. The summed E-state index contributed by atoms with van der Waals surface area (Å²) in [7, 11) is 0. The molecule has 24 heavy (non-hydrogen) atoms. The van der Waals surface area contributed by atoms with Gasteiger partial charge in [0.1, 0.15) is 6.04 Å². The van der Waals surface area contributed by atoms with Crippen molar-refractivity contribution < 1.29 is 9.21 Å². The number of benzene rings is 1. The lowest BCUT2D eigenvalue weighted by atomic mass is 10.0. The number of nitrogens with one attached hydrogen (secondary N) is 1. The Balaban J connectivity index is 1.96. The van der Waals surface area contributed by atoms with Crippen LogP contribution in [-0.4, -0.2) is 21.1 Å². The monoisotopic (exact) mass is 324 g/mol. The molecule has 1 unspecified atom stereocenters. The zero-order valence-corrected chi connectivity index (χ0v) is 14.3. The van der Waals surface area contributed by atoms with Gasteiger partial charge in [-0.05, 0) is 44.0 Å². The van der Waals surface area contributed by atoms with E-state index < -0.39 is 0 Å². The highest BCUT2D eigenvalue weighted by atomic mass is 16.4. The molecule has 0 aliphatic heterocycles. The molecule has 0 saturated carbocycles. The average molecular weight is 324 g/mol. The van der Waals surface area contributed by atoms with Crippen LogP contribution < -0.4 is 5.32 Å². The summed E-state index contributed by atoms with van der Waals surface area (Å²) >= 11 is 0. The summed E-state index contributed by atoms with van der Waals surface area (Å²) in [4.78, 5) is 17.3. The third kappa shape index (κ3) is 3.13. The van der Waals surface area contributed by atoms with Gasteiger partial charge in [-0.1, -0.05) is 13.0 Å². The zero-order valence-electron chi connectivity index (χ0n) is 14.3. The minimum absolute atomic E-state index is 0.179. The van der Waals surface area contributed by atoms with Crippen molar-refractivity contribution in [3.05, 3.63) is 52.9 Å². The van der Waals surface area contributed by atoms with E-state index in [2.05, 4.69) is 27.4 Å². The number of nitrogens with zero attached hydrogens (tertiary/aromatic N) is 3. The van der Waals surface area contributed by atoms with E-state index in [0.717, 1.165) is 23.0 Å². The molecule has 1 atom stereocenters. The van der Waals surface area contributed by atoms with Crippen molar-refractivity contribution in [1.29, 1.82) is 0 Å². The van der Waals surface area contributed by atoms with E-state index in [1.165, 1.54) is 5.56 Å². The van der Waals surface area contributed by atoms with E-state index in [4.69, 9.17) is 4.42 Å². The van der Waals surface area contributed by atoms with Crippen molar-refractivity contribution in [3.8, 4) is 0 Å². The first-order chi connectivity index (χ1) is 11.5. The van der Waals surface area contributed by atoms with Gasteiger partial charge in [0.05, 0.1) is 11.1 Å². The van der Waals surface area contributed by atoms with Crippen LogP contribution in [0.4, 0.5) is 0 Å². The standard InChI is InChI=1S/C18H20N4O2/c1-5-13-6-7-16-14(9-13)15(8-10(2)19-16)17(23)20-11(3)18-22-21-12(4)24-18/h6-9,11H,5H2,1-4H3,(H,20,23). The van der Waals surface area contributed by atoms with Gasteiger partial charge in [-0.3, -0.25) is 9.78 Å². The first-order valence-electron chi connectivity index (χ1n) is 7.99. The van der Waals surface area contributed by atoms with Crippen LogP contribution in [0.25, 0.3) is 10.9 Å². The molecule has 3 rings (SSSR count). The van der Waals surface area contributed by atoms with Crippen LogP contribution in [0.15, 0.2) is 28.7 Å². The molecule has 124 valence electrons. The molecule has 1 aromatic carbocycles. The van der Waals surface area contributed by atoms with E-state index in [1.807, 2.05) is 38.1 Å². The number of pyridine rings is 1. The number of carbonyl (C=O) groups excluding carboxylic acids is 1. The van der Waals surface area contributed by atoms with Crippen molar-refractivity contribution in [2.75, 3.05) is 0 Å². The first-order valence-corrected chi connectivity index (χ1v) is 7.99. The van der Waals surface area contributed by atoms with E-state index in [-0.39, 0.29) is 11.9 Å². The Labute approximate surface area is 140 Å². The summed E-state index contributed by atoms with van der Waals surface area (Å²) in [5, 5.41) is 11.5. The van der Waals surface area contributed by atoms with Crippen molar-refractivity contribution in [2.45, 2.75) is 40.2 Å². The largest absolute Gasteiger partial charge is 0.423 e. The smallest absolute Gasteiger partial charge is 0.252 e. The summed E-state index contributed by atoms with van der Waals surface area (Å²) in [5.41, 5.74) is 3.40. The molecule has 0 aliphatic carbocycles. The van der Waals surface area contributed by atoms with E-state index >= 15 is 0 Å². The number of aromatic nitrogens is 3. The number of rotatable bonds is 4. The van der Waals surface area contributed by atoms with Crippen LogP contribution in [-0.2, 0) is 6.42 Å². The second-order valence-corrected chi connectivity index (χ2v) is 5.87. The maximum absolute atomic E-state index is 12.8. The minimum atomic E-state index is -0.364. The van der Waals surface area contributed by atoms with Crippen LogP contribution in [0.1, 0.15) is 53.3 Å². The molecular weight excluding hydrogens is 304 g/mol. The van der Waals surface area contributed by atoms with E-state index in [0.29, 0.717) is 17.3 Å². The average Bonchev–Trinajstić information content (AvgIpc) is 3.00. The Morgan fingerprint density at radius 3 is 2.71 bits per heavy atom. The number of carbonyl (C=O) groups is 1. The van der Waals surface area contributed by atoms with Gasteiger partial charge >= 0.3 is 0 Å². The molecule has 0 saturated heterocycles. The maximum Gasteiger partial charge on any atom is 0.252 e. The van der Waals surface area contributed by atoms with Gasteiger partial charge in [0.2, 0.25) is 11.8 Å². The summed E-state index contributed by atoms with van der Waals surface area (Å²) in [5.74, 6) is 0.691. The molecule has 6 heteroatoms. The van der Waals surface area contributed by atoms with Crippen molar-refractivity contribution in [1.82, 2.24) is 20.5 Å². The highest BCUT2D eigenvalue weighted by Gasteiger charge is 2.18. The molecule has 0 radical (unpaired) electrons. The lowest BCUT2D eigenvalue weighted by molar-refractivity contribution is 0.0935. The first kappa shape index (κ1) is 16.1. The molecule has 0 bridgehead atoms. The molecule has 1 amide bonds. The lowest BCUT2D eigenvalue weighted by Gasteiger charge is -2.13. The van der Waals surface area contributed by atoms with Crippen molar-refractivity contribution in [2.24, 2.45) is 0 Å². The predicted octanol–water partition coefficient (Wildman–Crippen LogP) is 3.29. The maximum atomic E-state index is 12.8. The van der Waals surface area contributed by atoms with Gasteiger partial charge in [-0.2, -0.15) is 0 Å². The van der Waals surface area contributed by atoms with E-state index in [1.54, 1.807) is 6.92 Å². The number of hydrogen-bond acceptors (Lipinski definition) is 5. The van der Waals surface area contributed by atoms with Gasteiger partial charge in [0.15, 0.2) is 0 Å². The Morgan fingerprint density at radius 2 is 2.04 bits per heavy atom. The number of hydrogen-bond donors (Lipinski definition) is 1. The zero-order chi connectivity index (χ0) is 17.3. The van der Waals surface area contributed by atoms with Gasteiger partial charge in [0, 0.05) is 18.0 Å². The topological polar surface area (TPSA) is 80.9 Å². The molecule has 2 aromatic heterocycles. The third-order valence-corrected chi connectivity index (χ3v) is 3.91. The number of amides is 1. The van der Waals surface area contributed by atoms with Crippen LogP contribution in [0.2, 0.25) is 0 Å². The molecular formula is C18H20N4O2. The summed E-state index contributed by atoms with van der Waals surface area (Å²) < 4.78 is 5.38. The Bertz CT molecular complexity index is 901. The SMILES string of the molecule is CCc1ccc2nc(C)cc(C(=O)NC(C)c3nnc(C)o3)c2c1. The Kier molecular flexibility index (Phi) is 4.29. The van der Waals surface area contributed by atoms with Gasteiger partial charge < -0.3 is 9.73 Å². The van der Waals surface area contributed by atoms with Crippen molar-refractivity contribution in [3.63, 3.8) is 0 Å². The van der Waals surface area contributed by atoms with Gasteiger partial charge in [-0.15, -0.1) is 10.2 Å². The van der Waals surface area contributed by atoms with Crippen LogP contribution in [0.3, 0.4) is 0 Å². The lowest BCUT2D eigenvalue weighted by Crippen LogP contribution is -2.27. The normalized spacial score (nSPS) is 12.3. The van der Waals surface area contributed by atoms with Crippen LogP contribution in [0, 0.1) is 13.8 Å². The number of aryl methyl sites for hydroxylation is 3.